The number of sulfone groups is 1. The molecule has 29 heavy (non-hydrogen) atoms. The molecule has 8 heteroatoms. The fraction of sp³-hybridized carbons (Fsp3) is 0.143. The standard InChI is InChI=1S/C21H14F2N2O3S/c1-3-4-5-13-15(22)9-17-20(21(13)23)18(26)10-16(25-17)14-8-12(11-24)6-7-19(14)29(2,27)28/h6-10H,3H2,1-2H3,(H,25,26). The van der Waals surface area contributed by atoms with E-state index < -0.39 is 32.5 Å². The van der Waals surface area contributed by atoms with Crippen LogP contribution in [0, 0.1) is 34.8 Å². The molecule has 0 unspecified atom stereocenters. The van der Waals surface area contributed by atoms with Crippen molar-refractivity contribution < 1.29 is 17.2 Å². The van der Waals surface area contributed by atoms with Crippen LogP contribution < -0.4 is 5.43 Å². The minimum atomic E-state index is -3.70. The number of aromatic amines is 1. The predicted molar refractivity (Wildman–Crippen MR) is 105 cm³/mol. The van der Waals surface area contributed by atoms with Gasteiger partial charge in [0.25, 0.3) is 0 Å². The molecule has 1 N–H and O–H groups in total. The zero-order chi connectivity index (χ0) is 21.3. The summed E-state index contributed by atoms with van der Waals surface area (Å²) in [6.07, 6.45) is 1.37. The Labute approximate surface area is 165 Å². The van der Waals surface area contributed by atoms with Crippen molar-refractivity contribution in [3.05, 3.63) is 63.3 Å². The highest BCUT2D eigenvalue weighted by Crippen LogP contribution is 2.29. The van der Waals surface area contributed by atoms with E-state index >= 15 is 0 Å². The number of H-pyrrole nitrogens is 1. The molecule has 1 aromatic heterocycles. The second-order valence-electron chi connectivity index (χ2n) is 6.27. The van der Waals surface area contributed by atoms with Gasteiger partial charge >= 0.3 is 0 Å². The third-order valence-corrected chi connectivity index (χ3v) is 5.35. The van der Waals surface area contributed by atoms with Crippen LogP contribution in [-0.2, 0) is 9.84 Å². The monoisotopic (exact) mass is 412 g/mol. The summed E-state index contributed by atoms with van der Waals surface area (Å²) in [6.45, 7) is 1.72. The predicted octanol–water partition coefficient (Wildman–Crippen LogP) is 3.51. The third-order valence-electron chi connectivity index (χ3n) is 4.20. The zero-order valence-electron chi connectivity index (χ0n) is 15.4. The summed E-state index contributed by atoms with van der Waals surface area (Å²) in [6, 6.07) is 7.72. The molecule has 0 saturated carbocycles. The Morgan fingerprint density at radius 1 is 1.17 bits per heavy atom. The largest absolute Gasteiger partial charge is 0.354 e. The van der Waals surface area contributed by atoms with Gasteiger partial charge in [-0.1, -0.05) is 18.8 Å². The number of halogens is 2. The number of nitriles is 1. The molecule has 3 rings (SSSR count). The highest BCUT2D eigenvalue weighted by atomic mass is 32.2. The summed E-state index contributed by atoms with van der Waals surface area (Å²) >= 11 is 0. The SMILES string of the molecule is CCC#Cc1c(F)cc2[nH]c(-c3cc(C#N)ccc3S(C)(=O)=O)cc(=O)c2c1F. The number of aromatic nitrogens is 1. The number of fused-ring (bicyclic) bond motifs is 1. The molecule has 0 aliphatic rings. The molecule has 2 aromatic carbocycles. The maximum Gasteiger partial charge on any atom is 0.193 e. The summed E-state index contributed by atoms with van der Waals surface area (Å²) in [7, 11) is -3.70. The van der Waals surface area contributed by atoms with Gasteiger partial charge in [-0.15, -0.1) is 0 Å². The van der Waals surface area contributed by atoms with E-state index in [2.05, 4.69) is 16.8 Å². The zero-order valence-corrected chi connectivity index (χ0v) is 16.2. The fourth-order valence-electron chi connectivity index (χ4n) is 2.91. The first kappa shape index (κ1) is 20.2. The quantitative estimate of drug-likeness (QED) is 0.652. The summed E-state index contributed by atoms with van der Waals surface area (Å²) < 4.78 is 53.3. The number of hydrogen-bond acceptors (Lipinski definition) is 4. The van der Waals surface area contributed by atoms with Crippen molar-refractivity contribution in [2.24, 2.45) is 0 Å². The Kier molecular flexibility index (Phi) is 5.23. The molecule has 0 bridgehead atoms. The van der Waals surface area contributed by atoms with Gasteiger partial charge in [-0.3, -0.25) is 4.79 Å². The van der Waals surface area contributed by atoms with Crippen molar-refractivity contribution in [3.63, 3.8) is 0 Å². The lowest BCUT2D eigenvalue weighted by atomic mass is 10.0. The van der Waals surface area contributed by atoms with Gasteiger partial charge in [0.15, 0.2) is 21.1 Å². The van der Waals surface area contributed by atoms with Crippen molar-refractivity contribution >= 4 is 20.7 Å². The van der Waals surface area contributed by atoms with Crippen LogP contribution in [0.2, 0.25) is 0 Å². The van der Waals surface area contributed by atoms with Crippen molar-refractivity contribution in [3.8, 4) is 29.2 Å². The van der Waals surface area contributed by atoms with Gasteiger partial charge in [0.1, 0.15) is 5.82 Å². The van der Waals surface area contributed by atoms with E-state index in [1.54, 1.807) is 6.92 Å². The van der Waals surface area contributed by atoms with Crippen LogP contribution in [0.4, 0.5) is 8.78 Å². The van der Waals surface area contributed by atoms with Crippen LogP contribution in [0.3, 0.4) is 0 Å². The van der Waals surface area contributed by atoms with Crippen LogP contribution in [0.5, 0.6) is 0 Å². The number of pyridine rings is 1. The van der Waals surface area contributed by atoms with E-state index in [-0.39, 0.29) is 32.6 Å². The molecule has 1 heterocycles. The van der Waals surface area contributed by atoms with Crippen LogP contribution in [0.1, 0.15) is 24.5 Å². The van der Waals surface area contributed by atoms with E-state index in [4.69, 9.17) is 5.26 Å². The lowest BCUT2D eigenvalue weighted by Gasteiger charge is -2.11. The molecule has 0 amide bonds. The number of benzene rings is 2. The Balaban J connectivity index is 2.38. The molecule has 3 aromatic rings. The maximum atomic E-state index is 14.7. The van der Waals surface area contributed by atoms with E-state index in [0.717, 1.165) is 18.4 Å². The minimum absolute atomic E-state index is 0.0196. The average Bonchev–Trinajstić information content (AvgIpc) is 2.66. The van der Waals surface area contributed by atoms with E-state index in [9.17, 15) is 22.0 Å². The summed E-state index contributed by atoms with van der Waals surface area (Å²) in [5.74, 6) is 2.91. The van der Waals surface area contributed by atoms with E-state index in [0.29, 0.717) is 6.42 Å². The van der Waals surface area contributed by atoms with Gasteiger partial charge in [-0.05, 0) is 24.3 Å². The molecule has 5 nitrogen and oxygen atoms in total. The highest BCUT2D eigenvalue weighted by Gasteiger charge is 2.20. The molecule has 0 fully saturated rings. The van der Waals surface area contributed by atoms with Crippen molar-refractivity contribution in [1.82, 2.24) is 4.98 Å². The Morgan fingerprint density at radius 2 is 1.90 bits per heavy atom. The topological polar surface area (TPSA) is 90.8 Å². The molecule has 0 atom stereocenters. The van der Waals surface area contributed by atoms with Gasteiger partial charge in [-0.25, -0.2) is 17.2 Å². The highest BCUT2D eigenvalue weighted by molar-refractivity contribution is 7.90. The number of hydrogen-bond donors (Lipinski definition) is 1. The molecule has 0 saturated heterocycles. The van der Waals surface area contributed by atoms with Crippen LogP contribution in [0.15, 0.2) is 40.0 Å². The molecule has 0 aliphatic heterocycles. The lowest BCUT2D eigenvalue weighted by molar-refractivity contribution is 0.585. The van der Waals surface area contributed by atoms with Gasteiger partial charge in [0.2, 0.25) is 0 Å². The van der Waals surface area contributed by atoms with Crippen molar-refractivity contribution in [2.75, 3.05) is 6.26 Å². The van der Waals surface area contributed by atoms with Gasteiger partial charge in [0.05, 0.1) is 38.7 Å². The summed E-state index contributed by atoms with van der Waals surface area (Å²) in [5.41, 5.74) is -1.18. The molecular formula is C21H14F2N2O3S. The second-order valence-corrected chi connectivity index (χ2v) is 8.25. The number of rotatable bonds is 2. The lowest BCUT2D eigenvalue weighted by Crippen LogP contribution is -2.09. The first-order chi connectivity index (χ1) is 13.7. The fourth-order valence-corrected chi connectivity index (χ4v) is 3.80. The average molecular weight is 412 g/mol. The van der Waals surface area contributed by atoms with Gasteiger partial charge < -0.3 is 4.98 Å². The number of nitrogens with one attached hydrogen (secondary N) is 1. The molecule has 146 valence electrons. The summed E-state index contributed by atoms with van der Waals surface area (Å²) in [4.78, 5) is 15.2. The molecule has 0 radical (unpaired) electrons. The first-order valence-electron chi connectivity index (χ1n) is 8.45. The minimum Gasteiger partial charge on any atom is -0.354 e. The van der Waals surface area contributed by atoms with Crippen LogP contribution in [0.25, 0.3) is 22.2 Å². The van der Waals surface area contributed by atoms with Gasteiger partial charge in [-0.2, -0.15) is 5.26 Å². The van der Waals surface area contributed by atoms with Crippen LogP contribution in [-0.4, -0.2) is 19.7 Å². The van der Waals surface area contributed by atoms with Crippen molar-refractivity contribution in [1.29, 1.82) is 5.26 Å². The smallest absolute Gasteiger partial charge is 0.193 e. The molecule has 0 spiro atoms. The van der Waals surface area contributed by atoms with Crippen LogP contribution >= 0.6 is 0 Å². The Bertz CT molecular complexity index is 1420. The normalized spacial score (nSPS) is 11.0. The Hall–Kier alpha value is -3.49. The van der Waals surface area contributed by atoms with E-state index in [1.807, 2.05) is 6.07 Å². The van der Waals surface area contributed by atoms with E-state index in [1.165, 1.54) is 18.2 Å². The van der Waals surface area contributed by atoms with Gasteiger partial charge in [0, 0.05) is 24.3 Å². The number of nitrogens with zero attached hydrogens (tertiary/aromatic N) is 1. The molecule has 0 aliphatic carbocycles. The Morgan fingerprint density at radius 3 is 2.52 bits per heavy atom. The van der Waals surface area contributed by atoms with Crippen molar-refractivity contribution in [2.45, 2.75) is 18.2 Å². The molecular weight excluding hydrogens is 398 g/mol. The third kappa shape index (κ3) is 3.75. The maximum absolute atomic E-state index is 14.7. The summed E-state index contributed by atoms with van der Waals surface area (Å²) in [5, 5.41) is 8.74. The first-order valence-corrected chi connectivity index (χ1v) is 10.3. The second kappa shape index (κ2) is 7.50.